The van der Waals surface area contributed by atoms with Crippen LogP contribution in [0.3, 0.4) is 0 Å². The van der Waals surface area contributed by atoms with Crippen molar-refractivity contribution < 1.29 is 9.53 Å². The van der Waals surface area contributed by atoms with Crippen LogP contribution in [0.2, 0.25) is 0 Å². The van der Waals surface area contributed by atoms with Gasteiger partial charge in [-0.15, -0.1) is 11.3 Å². The van der Waals surface area contributed by atoms with Gasteiger partial charge in [-0.1, -0.05) is 78.9 Å². The lowest BCUT2D eigenvalue weighted by Crippen LogP contribution is -2.47. The monoisotopic (exact) mass is 502 g/mol. The molecule has 1 aromatic heterocycles. The zero-order valence-corrected chi connectivity index (χ0v) is 21.5. The average Bonchev–Trinajstić information content (AvgIpc) is 3.40. The lowest BCUT2D eigenvalue weighted by molar-refractivity contribution is -0.126. The Labute approximate surface area is 220 Å². The molecule has 182 valence electrons. The minimum Gasteiger partial charge on any atom is -0.496 e. The fraction of sp³-hybridized carbons (Fsp3) is 0.188. The van der Waals surface area contributed by atoms with Gasteiger partial charge in [-0.3, -0.25) is 4.79 Å². The largest absolute Gasteiger partial charge is 0.496 e. The van der Waals surface area contributed by atoms with Crippen molar-refractivity contribution in [2.75, 3.05) is 12.4 Å². The Balaban J connectivity index is 1.25. The smallest absolute Gasteiger partial charge is 0.233 e. The van der Waals surface area contributed by atoms with Crippen LogP contribution in [0.25, 0.3) is 22.0 Å². The van der Waals surface area contributed by atoms with E-state index in [0.29, 0.717) is 5.13 Å². The summed E-state index contributed by atoms with van der Waals surface area (Å²) in [6.45, 7) is 2.12. The van der Waals surface area contributed by atoms with E-state index in [0.717, 1.165) is 34.2 Å². The molecule has 0 spiro atoms. The molecular formula is C32H26N2O2S. The van der Waals surface area contributed by atoms with E-state index in [4.69, 9.17) is 9.72 Å². The molecular weight excluding hydrogens is 476 g/mol. The van der Waals surface area contributed by atoms with Crippen molar-refractivity contribution >= 4 is 33.1 Å². The van der Waals surface area contributed by atoms with E-state index >= 15 is 0 Å². The SMILES string of the molecule is COc1ccc2ccccc2c1-c1csc(NC(=O)C2(C)CC3c4ccccc4C2c2ccccc23)n1. The number of thiazole rings is 1. The summed E-state index contributed by atoms with van der Waals surface area (Å²) in [6.07, 6.45) is 0.785. The molecule has 2 bridgehead atoms. The van der Waals surface area contributed by atoms with Gasteiger partial charge in [0.1, 0.15) is 5.75 Å². The summed E-state index contributed by atoms with van der Waals surface area (Å²) in [5.74, 6) is 1.03. The van der Waals surface area contributed by atoms with E-state index in [9.17, 15) is 4.79 Å². The van der Waals surface area contributed by atoms with Gasteiger partial charge < -0.3 is 10.1 Å². The van der Waals surface area contributed by atoms with Crippen molar-refractivity contribution in [1.82, 2.24) is 4.98 Å². The summed E-state index contributed by atoms with van der Waals surface area (Å²) in [7, 11) is 1.68. The molecule has 4 nitrogen and oxygen atoms in total. The molecule has 4 aromatic carbocycles. The minimum absolute atomic E-state index is 0.0162. The summed E-state index contributed by atoms with van der Waals surface area (Å²) in [5.41, 5.74) is 6.44. The van der Waals surface area contributed by atoms with Crippen LogP contribution in [0.15, 0.2) is 90.3 Å². The molecule has 0 fully saturated rings. The van der Waals surface area contributed by atoms with Gasteiger partial charge in [-0.25, -0.2) is 4.98 Å². The van der Waals surface area contributed by atoms with Gasteiger partial charge in [-0.05, 0) is 52.4 Å². The first kappa shape index (κ1) is 22.3. The van der Waals surface area contributed by atoms with Crippen molar-refractivity contribution in [3.05, 3.63) is 113 Å². The van der Waals surface area contributed by atoms with Crippen LogP contribution in [-0.4, -0.2) is 18.0 Å². The number of hydrogen-bond donors (Lipinski definition) is 1. The molecule has 5 aromatic rings. The first-order chi connectivity index (χ1) is 18.1. The number of hydrogen-bond acceptors (Lipinski definition) is 4. The highest BCUT2D eigenvalue weighted by atomic mass is 32.1. The van der Waals surface area contributed by atoms with E-state index in [2.05, 4.69) is 79.0 Å². The number of nitrogens with zero attached hydrogens (tertiary/aromatic N) is 1. The normalized spacial score (nSPS) is 21.4. The summed E-state index contributed by atoms with van der Waals surface area (Å²) >= 11 is 1.46. The lowest BCUT2D eigenvalue weighted by atomic mass is 9.52. The number of rotatable bonds is 4. The van der Waals surface area contributed by atoms with Gasteiger partial charge >= 0.3 is 0 Å². The highest BCUT2D eigenvalue weighted by molar-refractivity contribution is 7.14. The van der Waals surface area contributed by atoms with Crippen molar-refractivity contribution in [1.29, 1.82) is 0 Å². The molecule has 0 saturated carbocycles. The van der Waals surface area contributed by atoms with Gasteiger partial charge in [0, 0.05) is 17.2 Å². The predicted molar refractivity (Wildman–Crippen MR) is 150 cm³/mol. The Morgan fingerprint density at radius 3 is 2.27 bits per heavy atom. The van der Waals surface area contributed by atoms with Crippen molar-refractivity contribution in [3.63, 3.8) is 0 Å². The predicted octanol–water partition coefficient (Wildman–Crippen LogP) is 7.60. The maximum atomic E-state index is 14.0. The molecule has 5 heteroatoms. The molecule has 0 radical (unpaired) electrons. The molecule has 3 aliphatic rings. The number of anilines is 1. The molecule has 1 atom stereocenters. The average molecular weight is 503 g/mol. The molecule has 1 amide bonds. The Hall–Kier alpha value is -3.96. The molecule has 8 rings (SSSR count). The van der Waals surface area contributed by atoms with Crippen LogP contribution in [0.1, 0.15) is 47.4 Å². The Bertz CT molecular complexity index is 1640. The second-order valence-corrected chi connectivity index (χ2v) is 11.1. The van der Waals surface area contributed by atoms with Crippen molar-refractivity contribution in [2.24, 2.45) is 5.41 Å². The summed E-state index contributed by atoms with van der Waals surface area (Å²) in [6, 6.07) is 29.5. The molecule has 37 heavy (non-hydrogen) atoms. The maximum absolute atomic E-state index is 14.0. The molecule has 0 aliphatic heterocycles. The highest BCUT2D eigenvalue weighted by Crippen LogP contribution is 2.61. The third-order valence-corrected chi connectivity index (χ3v) is 9.00. The number of nitrogens with one attached hydrogen (secondary N) is 1. The van der Waals surface area contributed by atoms with E-state index in [1.54, 1.807) is 7.11 Å². The minimum atomic E-state index is -0.573. The number of benzene rings is 4. The van der Waals surface area contributed by atoms with Crippen LogP contribution < -0.4 is 10.1 Å². The van der Waals surface area contributed by atoms with Crippen molar-refractivity contribution in [2.45, 2.75) is 25.2 Å². The fourth-order valence-electron chi connectivity index (χ4n) is 6.56. The number of fused-ring (bicyclic) bond motifs is 2. The second-order valence-electron chi connectivity index (χ2n) is 10.2. The van der Waals surface area contributed by atoms with Crippen LogP contribution in [-0.2, 0) is 4.79 Å². The van der Waals surface area contributed by atoms with E-state index < -0.39 is 5.41 Å². The van der Waals surface area contributed by atoms with Crippen LogP contribution in [0.5, 0.6) is 5.75 Å². The van der Waals surface area contributed by atoms with Gasteiger partial charge in [0.25, 0.3) is 0 Å². The second kappa shape index (κ2) is 8.29. The van der Waals surface area contributed by atoms with E-state index in [1.807, 2.05) is 23.6 Å². The fourth-order valence-corrected chi connectivity index (χ4v) is 7.26. The quantitative estimate of drug-likeness (QED) is 0.275. The first-order valence-corrected chi connectivity index (χ1v) is 13.5. The molecule has 1 N–H and O–H groups in total. The van der Waals surface area contributed by atoms with E-state index in [1.165, 1.54) is 33.6 Å². The molecule has 3 aliphatic carbocycles. The van der Waals surface area contributed by atoms with Gasteiger partial charge in [-0.2, -0.15) is 0 Å². The standard InChI is InChI=1S/C32H26N2O2S/c1-32(17-25-21-11-5-7-13-23(21)29(32)24-14-8-6-12-22(24)25)30(35)34-31-33-26(18-37-31)28-20-10-4-3-9-19(20)15-16-27(28)36-2/h3-16,18,25,29H,17H2,1-2H3,(H,33,34,35). The summed E-state index contributed by atoms with van der Waals surface area (Å²) in [5, 5.41) is 8.02. The molecule has 1 unspecified atom stereocenters. The van der Waals surface area contributed by atoms with Gasteiger partial charge in [0.15, 0.2) is 5.13 Å². The van der Waals surface area contributed by atoms with Crippen molar-refractivity contribution in [3.8, 4) is 17.0 Å². The van der Waals surface area contributed by atoms with Crippen LogP contribution in [0, 0.1) is 5.41 Å². The van der Waals surface area contributed by atoms with Gasteiger partial charge in [0.2, 0.25) is 5.91 Å². The zero-order chi connectivity index (χ0) is 25.1. The maximum Gasteiger partial charge on any atom is 0.233 e. The first-order valence-electron chi connectivity index (χ1n) is 12.6. The highest BCUT2D eigenvalue weighted by Gasteiger charge is 2.54. The van der Waals surface area contributed by atoms with Crippen LogP contribution >= 0.6 is 11.3 Å². The molecule has 1 heterocycles. The topological polar surface area (TPSA) is 51.2 Å². The lowest BCUT2D eigenvalue weighted by Gasteiger charge is -2.50. The number of amides is 1. The Morgan fingerprint density at radius 1 is 0.919 bits per heavy atom. The Morgan fingerprint density at radius 2 is 1.57 bits per heavy atom. The number of ether oxygens (including phenoxy) is 1. The third-order valence-electron chi connectivity index (χ3n) is 8.24. The third kappa shape index (κ3) is 3.27. The number of carbonyl (C=O) groups excluding carboxylic acids is 1. The van der Waals surface area contributed by atoms with Gasteiger partial charge in [0.05, 0.1) is 23.8 Å². The number of aromatic nitrogens is 1. The van der Waals surface area contributed by atoms with Crippen LogP contribution in [0.4, 0.5) is 5.13 Å². The summed E-state index contributed by atoms with van der Waals surface area (Å²) in [4.78, 5) is 18.9. The Kier molecular flexibility index (Phi) is 4.98. The molecule has 0 saturated heterocycles. The number of carbonyl (C=O) groups is 1. The number of methoxy groups -OCH3 is 1. The summed E-state index contributed by atoms with van der Waals surface area (Å²) < 4.78 is 5.69. The van der Waals surface area contributed by atoms with E-state index in [-0.39, 0.29) is 17.7 Å². The zero-order valence-electron chi connectivity index (χ0n) is 20.7.